The van der Waals surface area contributed by atoms with Crippen LogP contribution in [0, 0.1) is 5.92 Å². The molecule has 4 heteroatoms. The van der Waals surface area contributed by atoms with E-state index in [1.165, 1.54) is 11.3 Å². The van der Waals surface area contributed by atoms with Crippen molar-refractivity contribution in [1.82, 2.24) is 0 Å². The summed E-state index contributed by atoms with van der Waals surface area (Å²) in [5.74, 6) is 1.51. The Kier molecular flexibility index (Phi) is 9.03. The average Bonchev–Trinajstić information content (AvgIpc) is 2.68. The number of carbonyl (C=O) groups is 1. The van der Waals surface area contributed by atoms with Crippen LogP contribution in [0.2, 0.25) is 0 Å². The first-order valence-corrected chi connectivity index (χ1v) is 9.34. The standard InChI is InChI=1S/C22H33N2O.CH2O/c1-18(2)22(16-23(3)20-10-8-7-9-11-20)24(4,5)17-19-12-14-21(25-6)15-13-19;1-2/h7-15,18,22H,16-17H2,1-6H3;1H2/q+1;. The molecule has 0 amide bonds. The molecule has 2 aromatic carbocycles. The van der Waals surface area contributed by atoms with Crippen molar-refractivity contribution in [1.29, 1.82) is 0 Å². The molecule has 148 valence electrons. The molecule has 0 spiro atoms. The van der Waals surface area contributed by atoms with Gasteiger partial charge in [0.25, 0.3) is 0 Å². The third kappa shape index (κ3) is 6.72. The van der Waals surface area contributed by atoms with E-state index in [0.29, 0.717) is 12.0 Å². The van der Waals surface area contributed by atoms with Crippen LogP contribution in [0.5, 0.6) is 5.75 Å². The van der Waals surface area contributed by atoms with Crippen LogP contribution in [-0.2, 0) is 11.3 Å². The third-order valence-corrected chi connectivity index (χ3v) is 5.07. The number of hydrogen-bond acceptors (Lipinski definition) is 3. The van der Waals surface area contributed by atoms with Crippen molar-refractivity contribution < 1.29 is 14.0 Å². The molecule has 4 nitrogen and oxygen atoms in total. The van der Waals surface area contributed by atoms with E-state index in [4.69, 9.17) is 9.53 Å². The lowest BCUT2D eigenvalue weighted by molar-refractivity contribution is -0.929. The monoisotopic (exact) mass is 371 g/mol. The van der Waals surface area contributed by atoms with Crippen LogP contribution in [0.4, 0.5) is 5.69 Å². The lowest BCUT2D eigenvalue weighted by Gasteiger charge is -2.42. The van der Waals surface area contributed by atoms with E-state index in [1.807, 2.05) is 6.79 Å². The van der Waals surface area contributed by atoms with Gasteiger partial charge in [0.05, 0.1) is 27.7 Å². The Balaban J connectivity index is 0.00000176. The molecule has 0 saturated heterocycles. The zero-order valence-corrected chi connectivity index (χ0v) is 17.7. The summed E-state index contributed by atoms with van der Waals surface area (Å²) >= 11 is 0. The number of para-hydroxylation sites is 1. The van der Waals surface area contributed by atoms with Crippen LogP contribution in [0.1, 0.15) is 19.4 Å². The molecule has 0 aliphatic rings. The van der Waals surface area contributed by atoms with Gasteiger partial charge in [0.1, 0.15) is 25.1 Å². The molecule has 0 radical (unpaired) electrons. The molecule has 1 atom stereocenters. The van der Waals surface area contributed by atoms with Gasteiger partial charge in [-0.1, -0.05) is 32.0 Å². The lowest BCUT2D eigenvalue weighted by atomic mass is 9.99. The van der Waals surface area contributed by atoms with E-state index in [9.17, 15) is 0 Å². The molecular weight excluding hydrogens is 336 g/mol. The van der Waals surface area contributed by atoms with Gasteiger partial charge >= 0.3 is 0 Å². The van der Waals surface area contributed by atoms with Crippen molar-refractivity contribution >= 4 is 12.5 Å². The molecule has 27 heavy (non-hydrogen) atoms. The summed E-state index contributed by atoms with van der Waals surface area (Å²) in [4.78, 5) is 10.4. The fourth-order valence-corrected chi connectivity index (χ4v) is 3.63. The zero-order chi connectivity index (χ0) is 20.4. The van der Waals surface area contributed by atoms with E-state index >= 15 is 0 Å². The van der Waals surface area contributed by atoms with Crippen molar-refractivity contribution in [3.8, 4) is 5.75 Å². The normalized spacial score (nSPS) is 12.1. The van der Waals surface area contributed by atoms with E-state index in [0.717, 1.165) is 23.3 Å². The second-order valence-electron chi connectivity index (χ2n) is 7.81. The molecule has 1 unspecified atom stereocenters. The maximum atomic E-state index is 8.00. The van der Waals surface area contributed by atoms with Gasteiger partial charge in [-0.25, -0.2) is 0 Å². The molecular formula is C23H35N2O2+. The minimum atomic E-state index is 0.535. The molecule has 2 rings (SSSR count). The maximum absolute atomic E-state index is 8.00. The first-order chi connectivity index (χ1) is 12.8. The fraction of sp³-hybridized carbons (Fsp3) is 0.435. The van der Waals surface area contributed by atoms with Crippen molar-refractivity contribution in [3.63, 3.8) is 0 Å². The fourth-order valence-electron chi connectivity index (χ4n) is 3.63. The third-order valence-electron chi connectivity index (χ3n) is 5.07. The van der Waals surface area contributed by atoms with Gasteiger partial charge in [-0.05, 0) is 36.4 Å². The summed E-state index contributed by atoms with van der Waals surface area (Å²) in [6, 6.07) is 19.6. The van der Waals surface area contributed by atoms with Gasteiger partial charge in [0, 0.05) is 24.2 Å². The predicted octanol–water partition coefficient (Wildman–Crippen LogP) is 4.25. The average molecular weight is 372 g/mol. The van der Waals surface area contributed by atoms with Crippen LogP contribution >= 0.6 is 0 Å². The number of anilines is 1. The Morgan fingerprint density at radius 2 is 1.56 bits per heavy atom. The first kappa shape index (κ1) is 22.7. The zero-order valence-electron chi connectivity index (χ0n) is 17.7. The van der Waals surface area contributed by atoms with Gasteiger partial charge in [-0.15, -0.1) is 0 Å². The van der Waals surface area contributed by atoms with Gasteiger partial charge in [0.15, 0.2) is 0 Å². The van der Waals surface area contributed by atoms with E-state index in [-0.39, 0.29) is 0 Å². The summed E-state index contributed by atoms with van der Waals surface area (Å²) in [6.07, 6.45) is 0. The van der Waals surface area contributed by atoms with Crippen LogP contribution in [0.15, 0.2) is 54.6 Å². The molecule has 0 fully saturated rings. The number of nitrogens with zero attached hydrogens (tertiary/aromatic N) is 2. The van der Waals surface area contributed by atoms with E-state index in [1.54, 1.807) is 7.11 Å². The number of rotatable bonds is 8. The second-order valence-corrected chi connectivity index (χ2v) is 7.81. The molecule has 0 aliphatic heterocycles. The highest BCUT2D eigenvalue weighted by Gasteiger charge is 2.32. The Hall–Kier alpha value is -2.33. The maximum Gasteiger partial charge on any atom is 0.118 e. The lowest BCUT2D eigenvalue weighted by Crippen LogP contribution is -2.55. The van der Waals surface area contributed by atoms with Crippen LogP contribution in [-0.4, -0.2) is 52.1 Å². The summed E-state index contributed by atoms with van der Waals surface area (Å²) < 4.78 is 6.23. The van der Waals surface area contributed by atoms with Gasteiger partial charge in [0.2, 0.25) is 0 Å². The van der Waals surface area contributed by atoms with Crippen molar-refractivity contribution in [2.75, 3.05) is 39.7 Å². The SMILES string of the molecule is C=O.COc1ccc(C[N+](C)(C)C(CN(C)c2ccccc2)C(C)C)cc1. The van der Waals surface area contributed by atoms with Crippen LogP contribution < -0.4 is 9.64 Å². The quantitative estimate of drug-likeness (QED) is 0.650. The summed E-state index contributed by atoms with van der Waals surface area (Å²) in [5.41, 5.74) is 2.62. The molecule has 0 saturated carbocycles. The topological polar surface area (TPSA) is 29.5 Å². The minimum Gasteiger partial charge on any atom is -0.497 e. The molecule has 0 aliphatic carbocycles. The molecule has 2 aromatic rings. The number of likely N-dealkylation sites (N-methyl/N-ethyl adjacent to an activating group) is 2. The molecule has 0 heterocycles. The van der Waals surface area contributed by atoms with Crippen molar-refractivity contribution in [2.24, 2.45) is 5.92 Å². The molecule has 0 aromatic heterocycles. The van der Waals surface area contributed by atoms with E-state index < -0.39 is 0 Å². The summed E-state index contributed by atoms with van der Waals surface area (Å²) in [5, 5.41) is 0. The highest BCUT2D eigenvalue weighted by molar-refractivity contribution is 5.45. The smallest absolute Gasteiger partial charge is 0.118 e. The van der Waals surface area contributed by atoms with Gasteiger partial charge < -0.3 is 18.9 Å². The van der Waals surface area contributed by atoms with E-state index in [2.05, 4.69) is 94.5 Å². The number of benzene rings is 2. The minimum absolute atomic E-state index is 0.535. The Bertz CT molecular complexity index is 654. The number of hydrogen-bond donors (Lipinski definition) is 0. The highest BCUT2D eigenvalue weighted by Crippen LogP contribution is 2.24. The second kappa shape index (κ2) is 10.7. The number of quaternary nitrogens is 1. The molecule has 0 bridgehead atoms. The van der Waals surface area contributed by atoms with Crippen LogP contribution in [0.3, 0.4) is 0 Å². The van der Waals surface area contributed by atoms with Crippen molar-refractivity contribution in [2.45, 2.75) is 26.4 Å². The largest absolute Gasteiger partial charge is 0.497 e. The van der Waals surface area contributed by atoms with Crippen LogP contribution in [0.25, 0.3) is 0 Å². The number of ether oxygens (including phenoxy) is 1. The highest BCUT2D eigenvalue weighted by atomic mass is 16.5. The molecule has 0 N–H and O–H groups in total. The van der Waals surface area contributed by atoms with Gasteiger partial charge in [-0.3, -0.25) is 0 Å². The first-order valence-electron chi connectivity index (χ1n) is 9.34. The summed E-state index contributed by atoms with van der Waals surface area (Å²) in [7, 11) is 8.59. The Morgan fingerprint density at radius 1 is 1.00 bits per heavy atom. The number of methoxy groups -OCH3 is 1. The van der Waals surface area contributed by atoms with Crippen molar-refractivity contribution in [3.05, 3.63) is 60.2 Å². The Morgan fingerprint density at radius 3 is 2.04 bits per heavy atom. The predicted molar refractivity (Wildman–Crippen MR) is 114 cm³/mol. The Labute approximate surface area is 165 Å². The van der Waals surface area contributed by atoms with Gasteiger partial charge in [-0.2, -0.15) is 0 Å². The summed E-state index contributed by atoms with van der Waals surface area (Å²) in [6.45, 7) is 8.70. The number of carbonyl (C=O) groups excluding carboxylic acids is 1.